The maximum atomic E-state index is 13.0. The number of amides is 1. The molecule has 1 N–H and O–H groups in total. The lowest BCUT2D eigenvalue weighted by Gasteiger charge is -2.19. The SMILES string of the molecule is CN(c1ccccc1)S(=O)(=O)c1cccc(NC(=O)C2=NOC(c3ccccc3)C2)c1. The summed E-state index contributed by atoms with van der Waals surface area (Å²) in [6.07, 6.45) is 0.0260. The van der Waals surface area contributed by atoms with Crippen LogP contribution in [-0.2, 0) is 19.7 Å². The number of hydrogen-bond donors (Lipinski definition) is 1. The highest BCUT2D eigenvalue weighted by Gasteiger charge is 2.28. The van der Waals surface area contributed by atoms with Crippen LogP contribution < -0.4 is 9.62 Å². The van der Waals surface area contributed by atoms with Gasteiger partial charge in [-0.3, -0.25) is 9.10 Å². The van der Waals surface area contributed by atoms with E-state index in [0.717, 1.165) is 5.56 Å². The predicted molar refractivity (Wildman–Crippen MR) is 119 cm³/mol. The zero-order valence-electron chi connectivity index (χ0n) is 16.8. The van der Waals surface area contributed by atoms with Crippen molar-refractivity contribution < 1.29 is 18.0 Å². The van der Waals surface area contributed by atoms with E-state index in [4.69, 9.17) is 4.84 Å². The molecule has 0 saturated heterocycles. The van der Waals surface area contributed by atoms with E-state index in [0.29, 0.717) is 17.8 Å². The molecule has 0 saturated carbocycles. The fourth-order valence-electron chi connectivity index (χ4n) is 3.23. The molecule has 0 fully saturated rings. The molecule has 158 valence electrons. The van der Waals surface area contributed by atoms with Crippen LogP contribution in [0.2, 0.25) is 0 Å². The van der Waals surface area contributed by atoms with Crippen LogP contribution in [-0.4, -0.2) is 27.1 Å². The van der Waals surface area contributed by atoms with E-state index in [1.807, 2.05) is 36.4 Å². The lowest BCUT2D eigenvalue weighted by Crippen LogP contribution is -2.27. The van der Waals surface area contributed by atoms with E-state index in [1.165, 1.54) is 23.5 Å². The van der Waals surface area contributed by atoms with Crippen LogP contribution >= 0.6 is 0 Å². The molecule has 1 atom stereocenters. The maximum Gasteiger partial charge on any atom is 0.273 e. The molecular weight excluding hydrogens is 414 g/mol. The van der Waals surface area contributed by atoms with Gasteiger partial charge in [0.2, 0.25) is 0 Å². The minimum atomic E-state index is -3.79. The van der Waals surface area contributed by atoms with E-state index in [-0.39, 0.29) is 16.7 Å². The van der Waals surface area contributed by atoms with Gasteiger partial charge in [0.15, 0.2) is 6.10 Å². The molecule has 1 unspecified atom stereocenters. The number of nitrogens with zero attached hydrogens (tertiary/aromatic N) is 2. The Hall–Kier alpha value is -3.65. The summed E-state index contributed by atoms with van der Waals surface area (Å²) in [7, 11) is -2.30. The van der Waals surface area contributed by atoms with Crippen LogP contribution in [0.25, 0.3) is 0 Å². The molecule has 0 aliphatic carbocycles. The Kier molecular flexibility index (Phi) is 5.73. The third kappa shape index (κ3) is 4.44. The fourth-order valence-corrected chi connectivity index (χ4v) is 4.47. The Bertz CT molecular complexity index is 1210. The number of hydrogen-bond acceptors (Lipinski definition) is 5. The van der Waals surface area contributed by atoms with Crippen LogP contribution in [0.3, 0.4) is 0 Å². The molecule has 0 spiro atoms. The molecule has 1 heterocycles. The Morgan fingerprint density at radius 2 is 1.68 bits per heavy atom. The maximum absolute atomic E-state index is 13.0. The van der Waals surface area contributed by atoms with Crippen LogP contribution in [0.4, 0.5) is 11.4 Å². The minimum absolute atomic E-state index is 0.0726. The van der Waals surface area contributed by atoms with E-state index < -0.39 is 15.9 Å². The first-order valence-corrected chi connectivity index (χ1v) is 11.1. The monoisotopic (exact) mass is 435 g/mol. The first-order valence-electron chi connectivity index (χ1n) is 9.68. The average Bonchev–Trinajstić information content (AvgIpc) is 3.30. The van der Waals surface area contributed by atoms with Crippen molar-refractivity contribution in [3.05, 3.63) is 90.5 Å². The van der Waals surface area contributed by atoms with Gasteiger partial charge in [0.05, 0.1) is 10.6 Å². The van der Waals surface area contributed by atoms with Crippen molar-refractivity contribution in [3.63, 3.8) is 0 Å². The third-order valence-corrected chi connectivity index (χ3v) is 6.75. The number of anilines is 2. The second kappa shape index (κ2) is 8.61. The summed E-state index contributed by atoms with van der Waals surface area (Å²) >= 11 is 0. The zero-order valence-corrected chi connectivity index (χ0v) is 17.6. The van der Waals surface area contributed by atoms with Gasteiger partial charge in [-0.15, -0.1) is 0 Å². The molecule has 0 radical (unpaired) electrons. The van der Waals surface area contributed by atoms with E-state index in [1.54, 1.807) is 36.4 Å². The van der Waals surface area contributed by atoms with Crippen molar-refractivity contribution >= 4 is 33.0 Å². The summed E-state index contributed by atoms with van der Waals surface area (Å²) in [5, 5.41) is 6.62. The molecule has 7 nitrogen and oxygen atoms in total. The molecule has 4 rings (SSSR count). The quantitative estimate of drug-likeness (QED) is 0.635. The summed E-state index contributed by atoms with van der Waals surface area (Å²) in [5.74, 6) is -0.426. The fraction of sp³-hybridized carbons (Fsp3) is 0.130. The number of rotatable bonds is 6. The highest BCUT2D eigenvalue weighted by molar-refractivity contribution is 7.92. The number of carbonyl (C=O) groups is 1. The van der Waals surface area contributed by atoms with Crippen molar-refractivity contribution in [2.24, 2.45) is 5.16 Å². The Labute approximate surface area is 181 Å². The molecule has 0 bridgehead atoms. The summed E-state index contributed by atoms with van der Waals surface area (Å²) < 4.78 is 27.2. The van der Waals surface area contributed by atoms with E-state index in [9.17, 15) is 13.2 Å². The summed E-state index contributed by atoms with van der Waals surface area (Å²) in [4.78, 5) is 18.1. The van der Waals surface area contributed by atoms with Crippen LogP contribution in [0, 0.1) is 0 Å². The molecule has 1 aliphatic rings. The molecule has 1 amide bonds. The normalized spacial score (nSPS) is 15.6. The smallest absolute Gasteiger partial charge is 0.273 e. The molecule has 31 heavy (non-hydrogen) atoms. The van der Waals surface area contributed by atoms with Gasteiger partial charge in [0.25, 0.3) is 15.9 Å². The van der Waals surface area contributed by atoms with Crippen molar-refractivity contribution in [3.8, 4) is 0 Å². The summed E-state index contributed by atoms with van der Waals surface area (Å²) in [5.41, 5.74) is 2.09. The standard InChI is InChI=1S/C23H21N3O4S/c1-26(19-12-6-3-7-13-19)31(28,29)20-14-8-11-18(15-20)24-23(27)21-16-22(30-25-21)17-9-4-2-5-10-17/h2-15,22H,16H2,1H3,(H,24,27). The minimum Gasteiger partial charge on any atom is -0.387 e. The number of sulfonamides is 1. The van der Waals surface area contributed by atoms with E-state index >= 15 is 0 Å². The topological polar surface area (TPSA) is 88.1 Å². The number of para-hydroxylation sites is 1. The van der Waals surface area contributed by atoms with Gasteiger partial charge in [-0.1, -0.05) is 59.8 Å². The van der Waals surface area contributed by atoms with Gasteiger partial charge in [-0.25, -0.2) is 8.42 Å². The first-order chi connectivity index (χ1) is 14.9. The second-order valence-electron chi connectivity index (χ2n) is 7.04. The van der Waals surface area contributed by atoms with Crippen LogP contribution in [0.1, 0.15) is 18.1 Å². The second-order valence-corrected chi connectivity index (χ2v) is 9.01. The Morgan fingerprint density at radius 1 is 1.00 bits per heavy atom. The number of oxime groups is 1. The van der Waals surface area contributed by atoms with Gasteiger partial charge in [0, 0.05) is 19.2 Å². The van der Waals surface area contributed by atoms with Gasteiger partial charge in [-0.05, 0) is 35.9 Å². The molecule has 8 heteroatoms. The number of benzene rings is 3. The highest BCUT2D eigenvalue weighted by Crippen LogP contribution is 2.28. The summed E-state index contributed by atoms with van der Waals surface area (Å²) in [6.45, 7) is 0. The van der Waals surface area contributed by atoms with Gasteiger partial charge < -0.3 is 10.2 Å². The molecule has 1 aliphatic heterocycles. The summed E-state index contributed by atoms with van der Waals surface area (Å²) in [6, 6.07) is 24.4. The zero-order chi connectivity index (χ0) is 21.8. The van der Waals surface area contributed by atoms with Crippen LogP contribution in [0.5, 0.6) is 0 Å². The van der Waals surface area contributed by atoms with Crippen molar-refractivity contribution in [1.82, 2.24) is 0 Å². The molecule has 3 aromatic carbocycles. The van der Waals surface area contributed by atoms with Crippen molar-refractivity contribution in [1.29, 1.82) is 0 Å². The lowest BCUT2D eigenvalue weighted by atomic mass is 10.0. The largest absolute Gasteiger partial charge is 0.387 e. The van der Waals surface area contributed by atoms with Crippen molar-refractivity contribution in [2.45, 2.75) is 17.4 Å². The Balaban J connectivity index is 1.47. The highest BCUT2D eigenvalue weighted by atomic mass is 32.2. The van der Waals surface area contributed by atoms with Crippen molar-refractivity contribution in [2.75, 3.05) is 16.7 Å². The lowest BCUT2D eigenvalue weighted by molar-refractivity contribution is -0.110. The first kappa shape index (κ1) is 20.6. The number of carbonyl (C=O) groups excluding carboxylic acids is 1. The number of nitrogens with one attached hydrogen (secondary N) is 1. The van der Waals surface area contributed by atoms with Gasteiger partial charge >= 0.3 is 0 Å². The van der Waals surface area contributed by atoms with E-state index in [2.05, 4.69) is 10.5 Å². The molecular formula is C23H21N3O4S. The third-order valence-electron chi connectivity index (χ3n) is 4.97. The average molecular weight is 436 g/mol. The Morgan fingerprint density at radius 3 is 2.39 bits per heavy atom. The molecule has 3 aromatic rings. The van der Waals surface area contributed by atoms with Gasteiger partial charge in [0.1, 0.15) is 5.71 Å². The van der Waals surface area contributed by atoms with Gasteiger partial charge in [-0.2, -0.15) is 0 Å². The van der Waals surface area contributed by atoms with Crippen LogP contribution in [0.15, 0.2) is 95.0 Å². The predicted octanol–water partition coefficient (Wildman–Crippen LogP) is 3.97. The molecule has 0 aromatic heterocycles.